The van der Waals surface area contributed by atoms with Crippen LogP contribution < -0.4 is 0 Å². The zero-order chi connectivity index (χ0) is 16.3. The first-order valence-corrected chi connectivity index (χ1v) is 8.00. The lowest BCUT2D eigenvalue weighted by Gasteiger charge is -2.20. The molecule has 22 heavy (non-hydrogen) atoms. The van der Waals surface area contributed by atoms with Crippen molar-refractivity contribution in [3.05, 3.63) is 70.8 Å². The summed E-state index contributed by atoms with van der Waals surface area (Å²) in [5, 5.41) is -0.302. The molecule has 0 radical (unpaired) electrons. The maximum absolute atomic E-state index is 11.8. The largest absolute Gasteiger partial charge is 0.281 e. The van der Waals surface area contributed by atoms with E-state index in [0.717, 1.165) is 11.1 Å². The predicted octanol–water partition coefficient (Wildman–Crippen LogP) is 5.38. The number of halogens is 1. The fourth-order valence-corrected chi connectivity index (χ4v) is 2.71. The summed E-state index contributed by atoms with van der Waals surface area (Å²) in [5.74, 6) is -0.289. The molecule has 0 saturated heterocycles. The second-order valence-corrected chi connectivity index (χ2v) is 7.29. The molecule has 1 nitrogen and oxygen atoms in total. The summed E-state index contributed by atoms with van der Waals surface area (Å²) in [6, 6.07) is 16.5. The molecule has 0 aliphatic carbocycles. The first-order chi connectivity index (χ1) is 10.3. The van der Waals surface area contributed by atoms with E-state index in [9.17, 15) is 4.79 Å². The van der Waals surface area contributed by atoms with E-state index in [4.69, 9.17) is 11.6 Å². The normalized spacial score (nSPS) is 13.0. The average Bonchev–Trinajstić information content (AvgIpc) is 2.45. The number of hydrogen-bond acceptors (Lipinski definition) is 1. The Hall–Kier alpha value is -1.60. The molecule has 1 atom stereocenters. The highest BCUT2D eigenvalue weighted by Gasteiger charge is 2.20. The SMILES string of the molecule is Cc1ccc(C(Cc2ccc(C(C)(C)C)cc2)C(=O)Cl)cc1. The third kappa shape index (κ3) is 4.20. The van der Waals surface area contributed by atoms with Crippen molar-refractivity contribution < 1.29 is 4.79 Å². The van der Waals surface area contributed by atoms with Crippen LogP contribution in [0.15, 0.2) is 48.5 Å². The lowest BCUT2D eigenvalue weighted by molar-refractivity contribution is -0.113. The van der Waals surface area contributed by atoms with E-state index in [1.807, 2.05) is 31.2 Å². The minimum Gasteiger partial charge on any atom is -0.281 e. The second-order valence-electron chi connectivity index (χ2n) is 6.92. The minimum absolute atomic E-state index is 0.136. The number of carbonyl (C=O) groups is 1. The molecular formula is C20H23ClO. The fraction of sp³-hybridized carbons (Fsp3) is 0.350. The van der Waals surface area contributed by atoms with Crippen molar-refractivity contribution >= 4 is 16.8 Å². The molecule has 2 aromatic carbocycles. The molecule has 0 amide bonds. The molecule has 0 N–H and O–H groups in total. The van der Waals surface area contributed by atoms with Gasteiger partial charge in [-0.15, -0.1) is 0 Å². The Labute approximate surface area is 138 Å². The van der Waals surface area contributed by atoms with Gasteiger partial charge in [-0.2, -0.15) is 0 Å². The van der Waals surface area contributed by atoms with Crippen LogP contribution in [-0.4, -0.2) is 5.24 Å². The molecule has 0 saturated carbocycles. The molecule has 0 bridgehead atoms. The standard InChI is InChI=1S/C20H23ClO/c1-14-5-9-16(10-6-14)18(19(21)22)13-15-7-11-17(12-8-15)20(2,3)4/h5-12,18H,13H2,1-4H3. The zero-order valence-corrected chi connectivity index (χ0v) is 14.4. The Bertz CT molecular complexity index is 633. The molecule has 0 fully saturated rings. The van der Waals surface area contributed by atoms with E-state index in [2.05, 4.69) is 45.0 Å². The quantitative estimate of drug-likeness (QED) is 0.692. The maximum Gasteiger partial charge on any atom is 0.229 e. The molecule has 2 heteroatoms. The Balaban J connectivity index is 2.21. The number of benzene rings is 2. The van der Waals surface area contributed by atoms with E-state index in [1.54, 1.807) is 0 Å². The van der Waals surface area contributed by atoms with E-state index >= 15 is 0 Å². The van der Waals surface area contributed by atoms with Crippen LogP contribution in [0.5, 0.6) is 0 Å². The van der Waals surface area contributed by atoms with Crippen molar-refractivity contribution in [1.29, 1.82) is 0 Å². The van der Waals surface area contributed by atoms with Gasteiger partial charge in [0.1, 0.15) is 0 Å². The first kappa shape index (κ1) is 16.8. The van der Waals surface area contributed by atoms with Gasteiger partial charge in [0.2, 0.25) is 5.24 Å². The summed E-state index contributed by atoms with van der Waals surface area (Å²) >= 11 is 5.83. The van der Waals surface area contributed by atoms with Gasteiger partial charge in [0, 0.05) is 0 Å². The highest BCUT2D eigenvalue weighted by molar-refractivity contribution is 6.64. The highest BCUT2D eigenvalue weighted by Crippen LogP contribution is 2.26. The van der Waals surface area contributed by atoms with Gasteiger partial charge in [0.15, 0.2) is 0 Å². The summed E-state index contributed by atoms with van der Waals surface area (Å²) in [4.78, 5) is 11.8. The van der Waals surface area contributed by atoms with Crippen LogP contribution in [0.1, 0.15) is 48.9 Å². The van der Waals surface area contributed by atoms with Gasteiger partial charge in [0.25, 0.3) is 0 Å². The van der Waals surface area contributed by atoms with Gasteiger partial charge in [-0.05, 0) is 47.1 Å². The molecule has 0 spiro atoms. The number of rotatable bonds is 4. The number of aryl methyl sites for hydroxylation is 1. The van der Waals surface area contributed by atoms with Crippen LogP contribution in [0, 0.1) is 6.92 Å². The van der Waals surface area contributed by atoms with Crippen molar-refractivity contribution in [2.75, 3.05) is 0 Å². The smallest absolute Gasteiger partial charge is 0.229 e. The molecule has 2 aromatic rings. The summed E-state index contributed by atoms with van der Waals surface area (Å²) in [5.41, 5.74) is 4.72. The van der Waals surface area contributed by atoms with Gasteiger partial charge in [-0.1, -0.05) is 74.9 Å². The summed E-state index contributed by atoms with van der Waals surface area (Å²) in [6.45, 7) is 8.62. The van der Waals surface area contributed by atoms with E-state index in [0.29, 0.717) is 6.42 Å². The van der Waals surface area contributed by atoms with Crippen LogP contribution in [-0.2, 0) is 16.6 Å². The van der Waals surface area contributed by atoms with Crippen LogP contribution in [0.3, 0.4) is 0 Å². The monoisotopic (exact) mass is 314 g/mol. The van der Waals surface area contributed by atoms with Gasteiger partial charge in [-0.3, -0.25) is 4.79 Å². The number of hydrogen-bond donors (Lipinski definition) is 0. The Morgan fingerprint density at radius 3 is 2.00 bits per heavy atom. The molecule has 0 heterocycles. The van der Waals surface area contributed by atoms with Crippen LogP contribution in [0.4, 0.5) is 0 Å². The summed E-state index contributed by atoms with van der Waals surface area (Å²) in [7, 11) is 0. The lowest BCUT2D eigenvalue weighted by atomic mass is 9.85. The van der Waals surface area contributed by atoms with Crippen LogP contribution >= 0.6 is 11.6 Å². The molecule has 116 valence electrons. The van der Waals surface area contributed by atoms with Gasteiger partial charge >= 0.3 is 0 Å². The average molecular weight is 315 g/mol. The Kier molecular flexibility index (Phi) is 5.08. The molecule has 1 unspecified atom stereocenters. The zero-order valence-electron chi connectivity index (χ0n) is 13.7. The molecular weight excluding hydrogens is 292 g/mol. The molecule has 2 rings (SSSR count). The fourth-order valence-electron chi connectivity index (χ4n) is 2.50. The van der Waals surface area contributed by atoms with Gasteiger partial charge in [0.05, 0.1) is 5.92 Å². The molecule has 0 aliphatic heterocycles. The first-order valence-electron chi connectivity index (χ1n) is 7.62. The van der Waals surface area contributed by atoms with E-state index in [-0.39, 0.29) is 16.6 Å². The highest BCUT2D eigenvalue weighted by atomic mass is 35.5. The van der Waals surface area contributed by atoms with Crippen molar-refractivity contribution in [2.24, 2.45) is 0 Å². The summed E-state index contributed by atoms with van der Waals surface area (Å²) in [6.07, 6.45) is 0.635. The van der Waals surface area contributed by atoms with Crippen molar-refractivity contribution in [2.45, 2.75) is 45.4 Å². The van der Waals surface area contributed by atoms with Crippen molar-refractivity contribution in [1.82, 2.24) is 0 Å². The van der Waals surface area contributed by atoms with E-state index in [1.165, 1.54) is 11.1 Å². The van der Waals surface area contributed by atoms with Gasteiger partial charge < -0.3 is 0 Å². The predicted molar refractivity (Wildman–Crippen MR) is 93.6 cm³/mol. The lowest BCUT2D eigenvalue weighted by Crippen LogP contribution is -2.12. The van der Waals surface area contributed by atoms with Crippen molar-refractivity contribution in [3.8, 4) is 0 Å². The third-order valence-corrected chi connectivity index (χ3v) is 4.28. The number of carbonyl (C=O) groups excluding carboxylic acids is 1. The van der Waals surface area contributed by atoms with Crippen LogP contribution in [0.2, 0.25) is 0 Å². The van der Waals surface area contributed by atoms with Crippen molar-refractivity contribution in [3.63, 3.8) is 0 Å². The molecule has 0 aliphatic rings. The van der Waals surface area contributed by atoms with Crippen LogP contribution in [0.25, 0.3) is 0 Å². The molecule has 0 aromatic heterocycles. The topological polar surface area (TPSA) is 17.1 Å². The maximum atomic E-state index is 11.8. The van der Waals surface area contributed by atoms with Gasteiger partial charge in [-0.25, -0.2) is 0 Å². The minimum atomic E-state index is -0.302. The van der Waals surface area contributed by atoms with E-state index < -0.39 is 0 Å². The second kappa shape index (κ2) is 6.66. The third-order valence-electron chi connectivity index (χ3n) is 4.01. The Morgan fingerprint density at radius 1 is 1.00 bits per heavy atom. The Morgan fingerprint density at radius 2 is 1.55 bits per heavy atom. The summed E-state index contributed by atoms with van der Waals surface area (Å²) < 4.78 is 0.